The molecule has 0 aromatic carbocycles. The fraction of sp³-hybridized carbons (Fsp3) is 0.714. The lowest BCUT2D eigenvalue weighted by molar-refractivity contribution is -0.123. The van der Waals surface area contributed by atoms with E-state index in [1.807, 2.05) is 6.08 Å². The van der Waals surface area contributed by atoms with Crippen molar-refractivity contribution in [3.63, 3.8) is 0 Å². The van der Waals surface area contributed by atoms with Gasteiger partial charge < -0.3 is 10.2 Å². The normalized spacial score (nSPS) is 51.8. The molecule has 2 N–H and O–H groups in total. The first kappa shape index (κ1) is 11.9. The van der Waals surface area contributed by atoms with Crippen molar-refractivity contribution in [2.45, 2.75) is 44.8 Å². The van der Waals surface area contributed by atoms with Crippen LogP contribution < -0.4 is 0 Å². The molecule has 0 amide bonds. The molecule has 2 nitrogen and oxygen atoms in total. The quantitative estimate of drug-likeness (QED) is 0.704. The highest BCUT2D eigenvalue weighted by Gasteiger charge is 2.63. The van der Waals surface area contributed by atoms with Gasteiger partial charge in [-0.1, -0.05) is 19.6 Å². The average Bonchev–Trinajstić information content (AvgIpc) is 2.39. The number of rotatable bonds is 2. The first-order valence-electron chi connectivity index (χ1n) is 6.06. The maximum Gasteiger partial charge on any atom is 0.0910 e. The third kappa shape index (κ3) is 1.20. The molecule has 0 aromatic rings. The Bertz CT molecular complexity index is 332. The van der Waals surface area contributed by atoms with Crippen molar-refractivity contribution in [2.24, 2.45) is 17.3 Å². The average molecular weight is 222 g/mol. The Morgan fingerprint density at radius 2 is 2.19 bits per heavy atom. The van der Waals surface area contributed by atoms with Gasteiger partial charge >= 0.3 is 0 Å². The number of allylic oxidation sites excluding steroid dienone is 1. The van der Waals surface area contributed by atoms with Gasteiger partial charge in [0.15, 0.2) is 0 Å². The second-order valence-electron chi connectivity index (χ2n) is 5.82. The molecule has 0 spiro atoms. The summed E-state index contributed by atoms with van der Waals surface area (Å²) in [5, 5.41) is 21.2. The van der Waals surface area contributed by atoms with Crippen molar-refractivity contribution in [3.05, 3.63) is 24.8 Å². The smallest absolute Gasteiger partial charge is 0.0910 e. The molecule has 2 heteroatoms. The lowest BCUT2D eigenvalue weighted by atomic mass is 9.60. The summed E-state index contributed by atoms with van der Waals surface area (Å²) < 4.78 is 0. The summed E-state index contributed by atoms with van der Waals surface area (Å²) in [5.74, 6) is 0.702. The van der Waals surface area contributed by atoms with Crippen LogP contribution in [0.4, 0.5) is 0 Å². The Morgan fingerprint density at radius 3 is 2.75 bits per heavy atom. The minimum atomic E-state index is -0.970. The molecule has 0 heterocycles. The molecule has 0 radical (unpaired) electrons. The van der Waals surface area contributed by atoms with Gasteiger partial charge in [-0.05, 0) is 43.6 Å². The van der Waals surface area contributed by atoms with E-state index in [0.29, 0.717) is 12.3 Å². The van der Waals surface area contributed by atoms with Crippen molar-refractivity contribution >= 4 is 0 Å². The van der Waals surface area contributed by atoms with Crippen LogP contribution in [0, 0.1) is 17.3 Å². The molecular formula is C14H22O2. The molecule has 5 atom stereocenters. The van der Waals surface area contributed by atoms with Gasteiger partial charge in [-0.25, -0.2) is 0 Å². The summed E-state index contributed by atoms with van der Waals surface area (Å²) in [5.41, 5.74) is -0.565. The highest BCUT2D eigenvalue weighted by atomic mass is 16.3. The SMILES string of the molecule is C=CC[C@]12C[C@@H](C)[C@H](CC(=C)[C@@]1(C)O)[C@@H]2O. The van der Waals surface area contributed by atoms with Crippen LogP contribution in [0.5, 0.6) is 0 Å². The van der Waals surface area contributed by atoms with E-state index >= 15 is 0 Å². The van der Waals surface area contributed by atoms with Gasteiger partial charge in [0, 0.05) is 5.41 Å². The van der Waals surface area contributed by atoms with E-state index in [-0.39, 0.29) is 5.92 Å². The molecule has 2 aliphatic carbocycles. The molecule has 0 unspecified atom stereocenters. The first-order chi connectivity index (χ1) is 7.37. The van der Waals surface area contributed by atoms with Crippen LogP contribution in [-0.2, 0) is 0 Å². The van der Waals surface area contributed by atoms with Gasteiger partial charge in [0.1, 0.15) is 0 Å². The molecule has 2 bridgehead atoms. The van der Waals surface area contributed by atoms with Crippen molar-refractivity contribution in [1.29, 1.82) is 0 Å². The first-order valence-corrected chi connectivity index (χ1v) is 6.06. The van der Waals surface area contributed by atoms with Gasteiger partial charge in [-0.2, -0.15) is 0 Å². The van der Waals surface area contributed by atoms with Crippen LogP contribution in [0.1, 0.15) is 33.1 Å². The largest absolute Gasteiger partial charge is 0.392 e. The van der Waals surface area contributed by atoms with Gasteiger partial charge in [0.05, 0.1) is 11.7 Å². The summed E-state index contributed by atoms with van der Waals surface area (Å²) >= 11 is 0. The standard InChI is InChI=1S/C14H22O2/c1-5-6-14-8-9(2)11(12(14)15)7-10(3)13(14,4)16/h5,9,11-12,15-16H,1,3,6-8H2,2,4H3/t9-,11+,12+,13-,14-/m1/s1. The molecule has 2 aliphatic rings. The number of fused-ring (bicyclic) bond motifs is 2. The Hall–Kier alpha value is -0.600. The van der Waals surface area contributed by atoms with Crippen LogP contribution in [0.3, 0.4) is 0 Å². The van der Waals surface area contributed by atoms with Gasteiger partial charge in [-0.15, -0.1) is 6.58 Å². The van der Waals surface area contributed by atoms with E-state index < -0.39 is 17.1 Å². The minimum absolute atomic E-state index is 0.257. The summed E-state index contributed by atoms with van der Waals surface area (Å²) in [6.07, 6.45) is 3.64. The lowest BCUT2D eigenvalue weighted by Crippen LogP contribution is -2.56. The van der Waals surface area contributed by atoms with Crippen LogP contribution in [0.15, 0.2) is 24.8 Å². The maximum absolute atomic E-state index is 10.7. The zero-order chi connectivity index (χ0) is 12.1. The predicted molar refractivity (Wildman–Crippen MR) is 64.9 cm³/mol. The van der Waals surface area contributed by atoms with E-state index in [1.165, 1.54) is 0 Å². The number of hydrogen-bond donors (Lipinski definition) is 2. The minimum Gasteiger partial charge on any atom is -0.392 e. The molecule has 0 aliphatic heterocycles. The summed E-state index contributed by atoms with van der Waals surface area (Å²) in [6.45, 7) is 11.7. The molecule has 2 saturated carbocycles. The monoisotopic (exact) mass is 222 g/mol. The summed E-state index contributed by atoms with van der Waals surface area (Å²) in [7, 11) is 0. The molecule has 16 heavy (non-hydrogen) atoms. The van der Waals surface area contributed by atoms with Gasteiger partial charge in [-0.3, -0.25) is 0 Å². The van der Waals surface area contributed by atoms with Gasteiger partial charge in [0.2, 0.25) is 0 Å². The highest BCUT2D eigenvalue weighted by Crippen LogP contribution is 2.61. The van der Waals surface area contributed by atoms with Crippen LogP contribution >= 0.6 is 0 Å². The van der Waals surface area contributed by atoms with E-state index in [0.717, 1.165) is 18.4 Å². The fourth-order valence-corrected chi connectivity index (χ4v) is 3.86. The Labute approximate surface area is 97.7 Å². The van der Waals surface area contributed by atoms with Crippen LogP contribution in [-0.4, -0.2) is 21.9 Å². The fourth-order valence-electron chi connectivity index (χ4n) is 3.86. The Kier molecular flexibility index (Phi) is 2.56. The topological polar surface area (TPSA) is 40.5 Å². The van der Waals surface area contributed by atoms with Gasteiger partial charge in [0.25, 0.3) is 0 Å². The highest BCUT2D eigenvalue weighted by molar-refractivity contribution is 5.29. The third-order valence-corrected chi connectivity index (χ3v) is 5.04. The van der Waals surface area contributed by atoms with E-state index in [9.17, 15) is 10.2 Å². The Morgan fingerprint density at radius 1 is 1.56 bits per heavy atom. The van der Waals surface area contributed by atoms with Crippen LogP contribution in [0.25, 0.3) is 0 Å². The molecule has 0 saturated heterocycles. The second kappa shape index (κ2) is 3.44. The maximum atomic E-state index is 10.7. The molecular weight excluding hydrogens is 200 g/mol. The third-order valence-electron chi connectivity index (χ3n) is 5.04. The number of aliphatic hydroxyl groups is 2. The number of aliphatic hydroxyl groups excluding tert-OH is 1. The second-order valence-corrected chi connectivity index (χ2v) is 5.82. The predicted octanol–water partition coefficient (Wildman–Crippen LogP) is 2.28. The van der Waals surface area contributed by atoms with E-state index in [1.54, 1.807) is 6.92 Å². The van der Waals surface area contributed by atoms with Crippen LogP contribution in [0.2, 0.25) is 0 Å². The molecule has 2 fully saturated rings. The summed E-state index contributed by atoms with van der Waals surface area (Å²) in [6, 6.07) is 0. The zero-order valence-electron chi connectivity index (χ0n) is 10.2. The van der Waals surface area contributed by atoms with Crippen molar-refractivity contribution < 1.29 is 10.2 Å². The summed E-state index contributed by atoms with van der Waals surface area (Å²) in [4.78, 5) is 0. The van der Waals surface area contributed by atoms with Crippen molar-refractivity contribution in [1.82, 2.24) is 0 Å². The Balaban J connectivity index is 2.50. The molecule has 90 valence electrons. The van der Waals surface area contributed by atoms with E-state index in [2.05, 4.69) is 20.1 Å². The molecule has 0 aromatic heterocycles. The molecule has 2 rings (SSSR count). The van der Waals surface area contributed by atoms with E-state index in [4.69, 9.17) is 0 Å². The van der Waals surface area contributed by atoms with Crippen molar-refractivity contribution in [3.8, 4) is 0 Å². The number of hydrogen-bond acceptors (Lipinski definition) is 2. The zero-order valence-corrected chi connectivity index (χ0v) is 10.2. The van der Waals surface area contributed by atoms with Crippen molar-refractivity contribution in [2.75, 3.05) is 0 Å². The lowest BCUT2D eigenvalue weighted by Gasteiger charge is -2.50.